The van der Waals surface area contributed by atoms with E-state index in [-0.39, 0.29) is 54.1 Å². The highest BCUT2D eigenvalue weighted by Gasteiger charge is 2.53. The number of aliphatic carboxylic acids is 1. The molecule has 320 valence electrons. The molecule has 0 unspecified atom stereocenters. The summed E-state index contributed by atoms with van der Waals surface area (Å²) in [5.74, 6) is -11.4. The van der Waals surface area contributed by atoms with Crippen LogP contribution in [0.1, 0.15) is 97.9 Å². The van der Waals surface area contributed by atoms with Crippen LogP contribution in [-0.4, -0.2) is 111 Å². The van der Waals surface area contributed by atoms with Gasteiger partial charge in [-0.1, -0.05) is 45.9 Å². The minimum absolute atomic E-state index is 0.0250. The van der Waals surface area contributed by atoms with Gasteiger partial charge in [0.05, 0.1) is 47.2 Å². The Bertz CT molecular complexity index is 2040. The van der Waals surface area contributed by atoms with Crippen molar-refractivity contribution >= 4 is 35.2 Å². The molecule has 0 saturated carbocycles. The van der Waals surface area contributed by atoms with Crippen molar-refractivity contribution in [3.8, 4) is 11.5 Å². The molecule has 4 aliphatic heterocycles. The number of carboxylic acids is 1. The average Bonchev–Trinajstić information content (AvgIpc) is 3.46. The van der Waals surface area contributed by atoms with Gasteiger partial charge in [-0.05, 0) is 32.8 Å². The monoisotopic (exact) mass is 822 g/mol. The van der Waals surface area contributed by atoms with Gasteiger partial charge in [0, 0.05) is 68.9 Å². The number of phenols is 1. The van der Waals surface area contributed by atoms with E-state index >= 15 is 0 Å². The molecule has 4 heterocycles. The van der Waals surface area contributed by atoms with Crippen molar-refractivity contribution < 1.29 is 68.1 Å². The predicted octanol–water partition coefficient (Wildman–Crippen LogP) is 3.75. The molecular formula is C43H54N2O14. The first-order chi connectivity index (χ1) is 27.7. The van der Waals surface area contributed by atoms with Crippen LogP contribution in [0.3, 0.4) is 0 Å². The zero-order valence-electron chi connectivity index (χ0n) is 34.7. The van der Waals surface area contributed by atoms with Crippen molar-refractivity contribution in [1.82, 2.24) is 10.2 Å². The molecule has 1 aromatic carbocycles. The maximum atomic E-state index is 14.8. The van der Waals surface area contributed by atoms with Gasteiger partial charge in [-0.15, -0.1) is 0 Å². The van der Waals surface area contributed by atoms with Gasteiger partial charge in [-0.3, -0.25) is 28.8 Å². The lowest BCUT2D eigenvalue weighted by atomic mass is 9.78. The van der Waals surface area contributed by atoms with Crippen molar-refractivity contribution in [2.24, 2.45) is 29.6 Å². The summed E-state index contributed by atoms with van der Waals surface area (Å²) in [6.45, 7) is 12.2. The summed E-state index contributed by atoms with van der Waals surface area (Å²) in [5.41, 5.74) is -1.97. The van der Waals surface area contributed by atoms with E-state index < -0.39 is 118 Å². The smallest absolute Gasteiger partial charge is 0.312 e. The first-order valence-electron chi connectivity index (χ1n) is 19.7. The van der Waals surface area contributed by atoms with Gasteiger partial charge in [0.2, 0.25) is 11.6 Å². The third-order valence-corrected chi connectivity index (χ3v) is 12.1. The number of nitrogens with zero attached hydrogens (tertiary/aromatic N) is 1. The molecule has 6 rings (SSSR count). The number of aromatic hydroxyl groups is 1. The normalized spacial score (nSPS) is 31.1. The Morgan fingerprint density at radius 3 is 2.15 bits per heavy atom. The summed E-state index contributed by atoms with van der Waals surface area (Å²) in [7, 11) is 1.41. The number of Topliss-reactive ketones (excluding diaryl/α,β-unsaturated/α-hetero) is 3. The largest absolute Gasteiger partial charge is 0.507 e. The number of methoxy groups -OCH3 is 1. The number of hydrogen-bond donors (Lipinski definition) is 5. The second kappa shape index (κ2) is 17.5. The number of likely N-dealkylation sites (tertiary alicyclic amines) is 1. The Morgan fingerprint density at radius 1 is 0.915 bits per heavy atom. The Balaban J connectivity index is 1.67. The number of carbonyl (C=O) groups excluding carboxylic acids is 5. The van der Waals surface area contributed by atoms with Crippen LogP contribution >= 0.6 is 0 Å². The number of aliphatic hydroxyl groups is 2. The fraction of sp³-hybridized carbons (Fsp3) is 0.535. The van der Waals surface area contributed by atoms with Crippen molar-refractivity contribution in [3.63, 3.8) is 0 Å². The summed E-state index contributed by atoms with van der Waals surface area (Å²) in [6, 6.07) is 0. The fourth-order valence-electron chi connectivity index (χ4n) is 8.33. The number of phenolic OH excluding ortho intramolecular Hbond substituents is 1. The number of benzene rings is 1. The number of rotatable bonds is 4. The first-order valence-corrected chi connectivity index (χ1v) is 19.7. The lowest BCUT2D eigenvalue weighted by Crippen LogP contribution is -2.46. The summed E-state index contributed by atoms with van der Waals surface area (Å²) < 4.78 is 23.4. The van der Waals surface area contributed by atoms with Gasteiger partial charge in [-0.2, -0.15) is 0 Å². The van der Waals surface area contributed by atoms with Gasteiger partial charge >= 0.3 is 17.7 Å². The average molecular weight is 823 g/mol. The summed E-state index contributed by atoms with van der Waals surface area (Å²) in [6.07, 6.45) is 3.42. The highest BCUT2D eigenvalue weighted by molar-refractivity contribution is 6.32. The number of ketones is 3. The number of carboxylic acid groups (broad SMARTS) is 1. The molecule has 5 aliphatic rings. The lowest BCUT2D eigenvalue weighted by molar-refractivity contribution is -0.160. The van der Waals surface area contributed by atoms with Crippen molar-refractivity contribution in [1.29, 1.82) is 0 Å². The lowest BCUT2D eigenvalue weighted by Gasteiger charge is -2.38. The fourth-order valence-corrected chi connectivity index (χ4v) is 8.33. The van der Waals surface area contributed by atoms with Crippen LogP contribution in [0.15, 0.2) is 47.5 Å². The molecule has 5 N–H and O–H groups in total. The standard InChI is InChI=1S/C43H54N2O14/c1-19-11-10-12-20(2)41(53)44-31-32(45-16-13-26(14-17-45)42(54)55)37(51)28-29(36(31)50)35(49)24(6)39-30(28)40(52)43(8,59-39)57-18-15-27(56-9)21(3)38(58-25(7)46)23(5)34(48)22(4)33(19)47/h10-12,15,18-19,21-23,26-27,33-34,38,47-49H,13-14,16-17H2,1-9H3,(H,44,53)(H,54,55)/t19-,21+,22+,23-,27-,33-,34-,38+,43-/m0/s1. The van der Waals surface area contributed by atoms with Gasteiger partial charge in [0.15, 0.2) is 0 Å². The summed E-state index contributed by atoms with van der Waals surface area (Å²) in [4.78, 5) is 83.1. The molecule has 0 aromatic heterocycles. The molecule has 16 heteroatoms. The van der Waals surface area contributed by atoms with Gasteiger partial charge in [0.25, 0.3) is 11.7 Å². The minimum atomic E-state index is -2.13. The van der Waals surface area contributed by atoms with E-state index in [2.05, 4.69) is 5.32 Å². The predicted molar refractivity (Wildman–Crippen MR) is 210 cm³/mol. The van der Waals surface area contributed by atoms with Crippen LogP contribution in [0.5, 0.6) is 11.5 Å². The molecule has 0 spiro atoms. The summed E-state index contributed by atoms with van der Waals surface area (Å²) >= 11 is 0. The van der Waals surface area contributed by atoms with Crippen LogP contribution in [0.25, 0.3) is 0 Å². The third-order valence-electron chi connectivity index (χ3n) is 12.1. The summed E-state index contributed by atoms with van der Waals surface area (Å²) in [5, 5.41) is 46.5. The third kappa shape index (κ3) is 8.43. The number of esters is 1. The molecule has 5 bridgehead atoms. The Hall–Kier alpha value is -5.32. The molecule has 1 aliphatic carbocycles. The molecule has 59 heavy (non-hydrogen) atoms. The van der Waals surface area contributed by atoms with E-state index in [4.69, 9.17) is 18.9 Å². The Labute approximate surface area is 342 Å². The van der Waals surface area contributed by atoms with Crippen molar-refractivity contribution in [3.05, 3.63) is 69.8 Å². The molecule has 9 atom stereocenters. The number of nitrogens with one attached hydrogen (secondary N) is 1. The minimum Gasteiger partial charge on any atom is -0.507 e. The van der Waals surface area contributed by atoms with E-state index in [0.717, 1.165) is 6.26 Å². The number of allylic oxidation sites excluding steroid dienone is 4. The Morgan fingerprint density at radius 2 is 1.56 bits per heavy atom. The number of carbonyl (C=O) groups is 6. The first kappa shape index (κ1) is 44.8. The van der Waals surface area contributed by atoms with E-state index in [9.17, 15) is 49.2 Å². The van der Waals surface area contributed by atoms with E-state index in [1.54, 1.807) is 33.8 Å². The number of fused-ring (bicyclic) bond motifs is 14. The zero-order valence-corrected chi connectivity index (χ0v) is 34.7. The number of piperidine rings is 1. The highest BCUT2D eigenvalue weighted by atomic mass is 16.7. The quantitative estimate of drug-likeness (QED) is 0.272. The van der Waals surface area contributed by atoms with Crippen LogP contribution in [0.2, 0.25) is 0 Å². The van der Waals surface area contributed by atoms with Crippen LogP contribution < -0.4 is 10.1 Å². The van der Waals surface area contributed by atoms with Gasteiger partial charge in [0.1, 0.15) is 29.0 Å². The molecule has 0 radical (unpaired) electrons. The maximum Gasteiger partial charge on any atom is 0.312 e. The SMILES string of the molecule is CO[C@H]1C=CO[C@@]2(C)Oc3c(C)c(O)c4c(c3C2=O)C(=O)C(N2CCC(C(=O)O)CC2)=C(NC(=O)C(C)=CC=C[C@H](C)[C@H](O)[C@@H](C)[C@H](O)[C@H](C)[C@H](OC(C)=O)[C@@H]1C)C4=O. The maximum absolute atomic E-state index is 14.8. The van der Waals surface area contributed by atoms with Gasteiger partial charge in [-0.25, -0.2) is 0 Å². The Kier molecular flexibility index (Phi) is 13.3. The number of amides is 1. The zero-order chi connectivity index (χ0) is 43.8. The second-order valence-electron chi connectivity index (χ2n) is 16.1. The molecular weight excluding hydrogens is 768 g/mol. The molecule has 1 aromatic rings. The number of hydrogen-bond acceptors (Lipinski definition) is 14. The molecule has 1 saturated heterocycles. The van der Waals surface area contributed by atoms with Crippen LogP contribution in [-0.2, 0) is 28.6 Å². The van der Waals surface area contributed by atoms with E-state index in [1.165, 1.54) is 57.9 Å². The van der Waals surface area contributed by atoms with Crippen LogP contribution in [0.4, 0.5) is 0 Å². The second-order valence-corrected chi connectivity index (χ2v) is 16.1. The number of ether oxygens (including phenoxy) is 4. The molecule has 1 fully saturated rings. The van der Waals surface area contributed by atoms with Crippen molar-refractivity contribution in [2.45, 2.75) is 98.4 Å². The van der Waals surface area contributed by atoms with E-state index in [1.807, 2.05) is 0 Å². The van der Waals surface area contributed by atoms with Crippen molar-refractivity contribution in [2.75, 3.05) is 20.2 Å². The van der Waals surface area contributed by atoms with Crippen LogP contribution in [0, 0.1) is 36.5 Å². The highest BCUT2D eigenvalue weighted by Crippen LogP contribution is 2.49. The van der Waals surface area contributed by atoms with E-state index in [0.29, 0.717) is 0 Å². The molecule has 1 amide bonds. The molecule has 16 nitrogen and oxygen atoms in total. The topological polar surface area (TPSA) is 236 Å². The van der Waals surface area contributed by atoms with Gasteiger partial charge < -0.3 is 49.6 Å². The number of aliphatic hydroxyl groups excluding tert-OH is 2.